The van der Waals surface area contributed by atoms with Crippen molar-refractivity contribution in [3.63, 3.8) is 0 Å². The number of hydrogen-bond acceptors (Lipinski definition) is 3. The molecule has 5 heteroatoms. The number of hydrogen-bond donors (Lipinski definition) is 2. The summed E-state index contributed by atoms with van der Waals surface area (Å²) in [5.41, 5.74) is 1.26. The number of aliphatic hydroxyl groups is 1. The summed E-state index contributed by atoms with van der Waals surface area (Å²) in [6.07, 6.45) is 0. The Hall–Kier alpha value is -1.59. The third kappa shape index (κ3) is 5.59. The van der Waals surface area contributed by atoms with E-state index >= 15 is 0 Å². The molecule has 0 aliphatic rings. The lowest BCUT2D eigenvalue weighted by atomic mass is 10.2. The van der Waals surface area contributed by atoms with E-state index in [2.05, 4.69) is 29.3 Å². The van der Waals surface area contributed by atoms with Gasteiger partial charge in [0, 0.05) is 32.7 Å². The fourth-order valence-corrected chi connectivity index (χ4v) is 1.80. The number of carbonyl (C=O) groups excluding carboxylic acids is 1. The molecule has 0 spiro atoms. The smallest absolute Gasteiger partial charge is 0.317 e. The average Bonchev–Trinajstić information content (AvgIpc) is 2.45. The Morgan fingerprint density at radius 2 is 1.95 bits per heavy atom. The molecule has 0 aliphatic carbocycles. The Balaban J connectivity index is 2.35. The second kappa shape index (κ2) is 8.55. The van der Waals surface area contributed by atoms with Crippen LogP contribution in [-0.4, -0.2) is 60.8 Å². The molecule has 1 rings (SSSR count). The van der Waals surface area contributed by atoms with Crippen molar-refractivity contribution in [1.29, 1.82) is 0 Å². The molecule has 0 aromatic heterocycles. The molecule has 0 radical (unpaired) electrons. The molecule has 0 heterocycles. The van der Waals surface area contributed by atoms with Crippen LogP contribution in [-0.2, 0) is 6.54 Å². The van der Waals surface area contributed by atoms with E-state index < -0.39 is 0 Å². The van der Waals surface area contributed by atoms with E-state index in [-0.39, 0.29) is 18.7 Å². The van der Waals surface area contributed by atoms with E-state index in [1.54, 1.807) is 7.05 Å². The summed E-state index contributed by atoms with van der Waals surface area (Å²) in [6.45, 7) is 3.84. The largest absolute Gasteiger partial charge is 0.395 e. The van der Waals surface area contributed by atoms with Crippen molar-refractivity contribution in [3.05, 3.63) is 35.9 Å². The minimum absolute atomic E-state index is 0.0205. The molecule has 20 heavy (non-hydrogen) atoms. The molecule has 0 saturated heterocycles. The lowest BCUT2D eigenvalue weighted by molar-refractivity contribution is 0.184. The molecule has 112 valence electrons. The highest BCUT2D eigenvalue weighted by Gasteiger charge is 2.12. The van der Waals surface area contributed by atoms with Gasteiger partial charge in [-0.25, -0.2) is 4.79 Å². The maximum absolute atomic E-state index is 11.7. The number of benzene rings is 1. The highest BCUT2D eigenvalue weighted by molar-refractivity contribution is 5.73. The van der Waals surface area contributed by atoms with Gasteiger partial charge >= 0.3 is 6.03 Å². The summed E-state index contributed by atoms with van der Waals surface area (Å²) in [6, 6.07) is 10.3. The van der Waals surface area contributed by atoms with Crippen LogP contribution in [0.3, 0.4) is 0 Å². The van der Waals surface area contributed by atoms with Crippen LogP contribution in [0.2, 0.25) is 0 Å². The fraction of sp³-hybridized carbons (Fsp3) is 0.533. The van der Waals surface area contributed by atoms with Crippen molar-refractivity contribution in [2.45, 2.75) is 19.5 Å². The number of nitrogens with zero attached hydrogens (tertiary/aromatic N) is 2. The number of amides is 2. The number of likely N-dealkylation sites (N-methyl/N-ethyl adjacent to an activating group) is 2. The number of carbonyl (C=O) groups is 1. The van der Waals surface area contributed by atoms with Crippen molar-refractivity contribution in [2.75, 3.05) is 33.8 Å². The minimum Gasteiger partial charge on any atom is -0.395 e. The molecule has 1 aromatic rings. The fourth-order valence-electron chi connectivity index (χ4n) is 1.80. The average molecular weight is 279 g/mol. The maximum atomic E-state index is 11.7. The zero-order chi connectivity index (χ0) is 15.0. The van der Waals surface area contributed by atoms with Gasteiger partial charge < -0.3 is 15.3 Å². The first-order chi connectivity index (χ1) is 9.54. The normalized spacial score (nSPS) is 12.2. The zero-order valence-electron chi connectivity index (χ0n) is 12.5. The van der Waals surface area contributed by atoms with Gasteiger partial charge in [-0.1, -0.05) is 30.3 Å². The number of rotatable bonds is 7. The van der Waals surface area contributed by atoms with Gasteiger partial charge in [-0.05, 0) is 19.5 Å². The van der Waals surface area contributed by atoms with E-state index in [0.29, 0.717) is 13.1 Å². The SMILES string of the molecule is CC(CNC(=O)N(C)CCO)N(C)Cc1ccccc1. The van der Waals surface area contributed by atoms with E-state index in [4.69, 9.17) is 5.11 Å². The lowest BCUT2D eigenvalue weighted by Gasteiger charge is -2.26. The predicted molar refractivity (Wildman–Crippen MR) is 80.5 cm³/mol. The van der Waals surface area contributed by atoms with E-state index in [1.807, 2.05) is 25.2 Å². The van der Waals surface area contributed by atoms with Crippen LogP contribution in [0.4, 0.5) is 4.79 Å². The Labute approximate surface area is 121 Å². The third-order valence-corrected chi connectivity index (χ3v) is 3.36. The van der Waals surface area contributed by atoms with Gasteiger partial charge in [-0.2, -0.15) is 0 Å². The van der Waals surface area contributed by atoms with Gasteiger partial charge in [-0.15, -0.1) is 0 Å². The predicted octanol–water partition coefficient (Wildman–Crippen LogP) is 1.14. The molecule has 0 saturated carbocycles. The Bertz CT molecular complexity index is 397. The van der Waals surface area contributed by atoms with Crippen LogP contribution in [0.5, 0.6) is 0 Å². The van der Waals surface area contributed by atoms with E-state index in [0.717, 1.165) is 6.54 Å². The molecule has 1 atom stereocenters. The van der Waals surface area contributed by atoms with Crippen molar-refractivity contribution in [2.24, 2.45) is 0 Å². The van der Waals surface area contributed by atoms with Gasteiger partial charge in [0.1, 0.15) is 0 Å². The molecule has 2 N–H and O–H groups in total. The molecule has 0 aliphatic heterocycles. The standard InChI is InChI=1S/C15H25N3O2/c1-13(11-16-15(20)17(2)9-10-19)18(3)12-14-7-5-4-6-8-14/h4-8,13,19H,9-12H2,1-3H3,(H,16,20). The molecule has 1 unspecified atom stereocenters. The molecular formula is C15H25N3O2. The van der Waals surface area contributed by atoms with Crippen molar-refractivity contribution < 1.29 is 9.90 Å². The van der Waals surface area contributed by atoms with Crippen LogP contribution in [0.1, 0.15) is 12.5 Å². The summed E-state index contributed by atoms with van der Waals surface area (Å²) in [7, 11) is 3.71. The molecule has 0 bridgehead atoms. The highest BCUT2D eigenvalue weighted by atomic mass is 16.3. The maximum Gasteiger partial charge on any atom is 0.317 e. The number of aliphatic hydroxyl groups excluding tert-OH is 1. The van der Waals surface area contributed by atoms with Gasteiger partial charge in [0.25, 0.3) is 0 Å². The van der Waals surface area contributed by atoms with Crippen LogP contribution < -0.4 is 5.32 Å². The van der Waals surface area contributed by atoms with Gasteiger partial charge in [0.05, 0.1) is 6.61 Å². The Morgan fingerprint density at radius 3 is 2.55 bits per heavy atom. The third-order valence-electron chi connectivity index (χ3n) is 3.36. The first-order valence-corrected chi connectivity index (χ1v) is 6.88. The first kappa shape index (κ1) is 16.5. The van der Waals surface area contributed by atoms with E-state index in [9.17, 15) is 4.79 Å². The summed E-state index contributed by atoms with van der Waals surface area (Å²) >= 11 is 0. The second-order valence-electron chi connectivity index (χ2n) is 5.08. The molecule has 1 aromatic carbocycles. The Kier molecular flexibility index (Phi) is 7.04. The van der Waals surface area contributed by atoms with Crippen molar-refractivity contribution >= 4 is 6.03 Å². The minimum atomic E-state index is -0.154. The van der Waals surface area contributed by atoms with Gasteiger partial charge in [-0.3, -0.25) is 4.90 Å². The Morgan fingerprint density at radius 1 is 1.30 bits per heavy atom. The molecule has 2 amide bonds. The first-order valence-electron chi connectivity index (χ1n) is 6.88. The highest BCUT2D eigenvalue weighted by Crippen LogP contribution is 2.05. The summed E-state index contributed by atoms with van der Waals surface area (Å²) < 4.78 is 0. The molecular weight excluding hydrogens is 254 g/mol. The molecule has 5 nitrogen and oxygen atoms in total. The monoisotopic (exact) mass is 279 g/mol. The second-order valence-corrected chi connectivity index (χ2v) is 5.08. The van der Waals surface area contributed by atoms with Crippen molar-refractivity contribution in [3.8, 4) is 0 Å². The van der Waals surface area contributed by atoms with Crippen LogP contribution in [0, 0.1) is 0 Å². The zero-order valence-corrected chi connectivity index (χ0v) is 12.5. The lowest BCUT2D eigenvalue weighted by Crippen LogP contribution is -2.45. The van der Waals surface area contributed by atoms with Crippen LogP contribution in [0.15, 0.2) is 30.3 Å². The van der Waals surface area contributed by atoms with Crippen LogP contribution in [0.25, 0.3) is 0 Å². The van der Waals surface area contributed by atoms with Gasteiger partial charge in [0.15, 0.2) is 0 Å². The topological polar surface area (TPSA) is 55.8 Å². The summed E-state index contributed by atoms with van der Waals surface area (Å²) in [4.78, 5) is 15.4. The summed E-state index contributed by atoms with van der Waals surface area (Å²) in [5.74, 6) is 0. The number of urea groups is 1. The summed E-state index contributed by atoms with van der Waals surface area (Å²) in [5, 5.41) is 11.7. The van der Waals surface area contributed by atoms with Crippen molar-refractivity contribution in [1.82, 2.24) is 15.1 Å². The van der Waals surface area contributed by atoms with Crippen LogP contribution >= 0.6 is 0 Å². The number of nitrogens with one attached hydrogen (secondary N) is 1. The molecule has 0 fully saturated rings. The quantitative estimate of drug-likeness (QED) is 0.787. The van der Waals surface area contributed by atoms with Gasteiger partial charge in [0.2, 0.25) is 0 Å². The van der Waals surface area contributed by atoms with E-state index in [1.165, 1.54) is 10.5 Å².